The van der Waals surface area contributed by atoms with Gasteiger partial charge in [0.1, 0.15) is 0 Å². The number of rotatable bonds is 1. The van der Waals surface area contributed by atoms with Gasteiger partial charge in [0, 0.05) is 22.6 Å². The van der Waals surface area contributed by atoms with Crippen molar-refractivity contribution < 1.29 is 0 Å². The number of hydrogen-bond donors (Lipinski definition) is 3. The standard InChI is InChI=1S/C19H17N3/c20-13-6-8-15-16-9-7-14(21)11-18(16)22-19(17(15)10-13)12-4-2-1-3-5-12/h1-11,19,22H,20-21H2. The second-order valence-electron chi connectivity index (χ2n) is 5.64. The van der Waals surface area contributed by atoms with Gasteiger partial charge in [-0.05, 0) is 41.0 Å². The zero-order valence-corrected chi connectivity index (χ0v) is 12.1. The fraction of sp³-hybridized carbons (Fsp3) is 0.0526. The van der Waals surface area contributed by atoms with Gasteiger partial charge in [0.05, 0.1) is 6.04 Å². The fourth-order valence-electron chi connectivity index (χ4n) is 3.12. The highest BCUT2D eigenvalue weighted by Gasteiger charge is 2.25. The molecule has 3 heteroatoms. The molecule has 5 N–H and O–H groups in total. The minimum Gasteiger partial charge on any atom is -0.399 e. The third kappa shape index (κ3) is 1.99. The summed E-state index contributed by atoms with van der Waals surface area (Å²) in [6.07, 6.45) is 0. The van der Waals surface area contributed by atoms with E-state index in [0.717, 1.165) is 22.6 Å². The number of anilines is 3. The van der Waals surface area contributed by atoms with Crippen LogP contribution in [0, 0.1) is 0 Å². The van der Waals surface area contributed by atoms with Gasteiger partial charge in [0.2, 0.25) is 0 Å². The fourth-order valence-corrected chi connectivity index (χ4v) is 3.12. The van der Waals surface area contributed by atoms with E-state index in [2.05, 4.69) is 47.8 Å². The molecule has 0 fully saturated rings. The topological polar surface area (TPSA) is 64.1 Å². The Morgan fingerprint density at radius 2 is 1.41 bits per heavy atom. The largest absolute Gasteiger partial charge is 0.399 e. The van der Waals surface area contributed by atoms with Crippen molar-refractivity contribution in [2.45, 2.75) is 6.04 Å². The lowest BCUT2D eigenvalue weighted by Crippen LogP contribution is -2.18. The molecule has 0 radical (unpaired) electrons. The molecule has 3 nitrogen and oxygen atoms in total. The molecule has 0 saturated carbocycles. The lowest BCUT2D eigenvalue weighted by Gasteiger charge is -2.30. The average Bonchev–Trinajstić information content (AvgIpc) is 2.54. The molecular formula is C19H17N3. The van der Waals surface area contributed by atoms with Gasteiger partial charge in [-0.25, -0.2) is 0 Å². The Morgan fingerprint density at radius 1 is 0.727 bits per heavy atom. The number of benzene rings is 3. The molecule has 0 bridgehead atoms. The molecule has 4 rings (SSSR count). The lowest BCUT2D eigenvalue weighted by molar-refractivity contribution is 0.930. The summed E-state index contributed by atoms with van der Waals surface area (Å²) in [5, 5.41) is 3.60. The first-order valence-electron chi connectivity index (χ1n) is 7.33. The molecule has 3 aromatic rings. The van der Waals surface area contributed by atoms with Crippen molar-refractivity contribution in [3.63, 3.8) is 0 Å². The van der Waals surface area contributed by atoms with Gasteiger partial charge in [-0.2, -0.15) is 0 Å². The molecule has 22 heavy (non-hydrogen) atoms. The minimum absolute atomic E-state index is 0.0778. The van der Waals surface area contributed by atoms with Gasteiger partial charge in [0.25, 0.3) is 0 Å². The SMILES string of the molecule is Nc1ccc2c(c1)NC(c1ccccc1)c1cc(N)ccc1-2. The Hall–Kier alpha value is -2.94. The van der Waals surface area contributed by atoms with Gasteiger partial charge in [-0.15, -0.1) is 0 Å². The lowest BCUT2D eigenvalue weighted by atomic mass is 9.86. The maximum Gasteiger partial charge on any atom is 0.0774 e. The zero-order valence-electron chi connectivity index (χ0n) is 12.1. The van der Waals surface area contributed by atoms with Crippen LogP contribution in [0.2, 0.25) is 0 Å². The van der Waals surface area contributed by atoms with E-state index >= 15 is 0 Å². The van der Waals surface area contributed by atoms with Crippen LogP contribution < -0.4 is 16.8 Å². The van der Waals surface area contributed by atoms with E-state index in [1.54, 1.807) is 0 Å². The van der Waals surface area contributed by atoms with E-state index in [0.29, 0.717) is 0 Å². The molecule has 1 atom stereocenters. The highest BCUT2D eigenvalue weighted by Crippen LogP contribution is 2.44. The minimum atomic E-state index is 0.0778. The summed E-state index contributed by atoms with van der Waals surface area (Å²) in [5.74, 6) is 0. The van der Waals surface area contributed by atoms with E-state index < -0.39 is 0 Å². The molecule has 108 valence electrons. The monoisotopic (exact) mass is 287 g/mol. The molecule has 1 aliphatic heterocycles. The quantitative estimate of drug-likeness (QED) is 0.592. The van der Waals surface area contributed by atoms with Crippen LogP contribution in [-0.4, -0.2) is 0 Å². The summed E-state index contributed by atoms with van der Waals surface area (Å²) in [4.78, 5) is 0. The van der Waals surface area contributed by atoms with Crippen LogP contribution in [0.25, 0.3) is 11.1 Å². The normalized spacial score (nSPS) is 15.5. The average molecular weight is 287 g/mol. The Morgan fingerprint density at radius 3 is 2.18 bits per heavy atom. The predicted molar refractivity (Wildman–Crippen MR) is 92.6 cm³/mol. The maximum absolute atomic E-state index is 6.02. The van der Waals surface area contributed by atoms with Crippen LogP contribution in [0.15, 0.2) is 66.7 Å². The predicted octanol–water partition coefficient (Wildman–Crippen LogP) is 4.03. The Labute approximate surface area is 129 Å². The van der Waals surface area contributed by atoms with Gasteiger partial charge < -0.3 is 16.8 Å². The number of nitrogen functional groups attached to an aromatic ring is 2. The molecule has 0 spiro atoms. The van der Waals surface area contributed by atoms with E-state index in [1.165, 1.54) is 16.7 Å². The van der Waals surface area contributed by atoms with Crippen molar-refractivity contribution in [1.82, 2.24) is 0 Å². The van der Waals surface area contributed by atoms with Gasteiger partial charge in [0.15, 0.2) is 0 Å². The molecule has 1 unspecified atom stereocenters. The van der Waals surface area contributed by atoms with Gasteiger partial charge >= 0.3 is 0 Å². The third-order valence-electron chi connectivity index (χ3n) is 4.15. The second-order valence-corrected chi connectivity index (χ2v) is 5.64. The highest BCUT2D eigenvalue weighted by molar-refractivity contribution is 5.87. The van der Waals surface area contributed by atoms with E-state index in [1.807, 2.05) is 24.3 Å². The molecule has 0 aliphatic carbocycles. The molecule has 0 amide bonds. The van der Waals surface area contributed by atoms with Crippen LogP contribution in [0.4, 0.5) is 17.1 Å². The van der Waals surface area contributed by atoms with Crippen molar-refractivity contribution in [3.8, 4) is 11.1 Å². The summed E-state index contributed by atoms with van der Waals surface area (Å²) >= 11 is 0. The zero-order chi connectivity index (χ0) is 15.1. The van der Waals surface area contributed by atoms with Crippen LogP contribution in [0.1, 0.15) is 17.2 Å². The number of nitrogens with one attached hydrogen (secondary N) is 1. The molecular weight excluding hydrogens is 270 g/mol. The summed E-state index contributed by atoms with van der Waals surface area (Å²) in [6, 6.07) is 22.6. The van der Waals surface area contributed by atoms with Crippen LogP contribution >= 0.6 is 0 Å². The summed E-state index contributed by atoms with van der Waals surface area (Å²) in [6.45, 7) is 0. The van der Waals surface area contributed by atoms with Crippen LogP contribution in [-0.2, 0) is 0 Å². The Kier molecular flexibility index (Phi) is 2.79. The Balaban J connectivity index is 1.95. The number of hydrogen-bond acceptors (Lipinski definition) is 3. The molecule has 1 aliphatic rings. The molecule has 1 heterocycles. The summed E-state index contributed by atoms with van der Waals surface area (Å²) in [7, 11) is 0. The highest BCUT2D eigenvalue weighted by atomic mass is 14.9. The Bertz CT molecular complexity index is 841. The van der Waals surface area contributed by atoms with E-state index in [-0.39, 0.29) is 6.04 Å². The first-order chi connectivity index (χ1) is 10.7. The van der Waals surface area contributed by atoms with E-state index in [9.17, 15) is 0 Å². The molecule has 0 aromatic heterocycles. The van der Waals surface area contributed by atoms with Crippen molar-refractivity contribution in [1.29, 1.82) is 0 Å². The van der Waals surface area contributed by atoms with Crippen molar-refractivity contribution >= 4 is 17.1 Å². The third-order valence-corrected chi connectivity index (χ3v) is 4.15. The molecule has 0 saturated heterocycles. The van der Waals surface area contributed by atoms with Crippen molar-refractivity contribution in [3.05, 3.63) is 77.9 Å². The second kappa shape index (κ2) is 4.81. The maximum atomic E-state index is 6.02. The number of fused-ring (bicyclic) bond motifs is 3. The first-order valence-corrected chi connectivity index (χ1v) is 7.33. The van der Waals surface area contributed by atoms with Crippen molar-refractivity contribution in [2.24, 2.45) is 0 Å². The summed E-state index contributed by atoms with van der Waals surface area (Å²) < 4.78 is 0. The number of nitrogens with two attached hydrogens (primary N) is 2. The smallest absolute Gasteiger partial charge is 0.0774 e. The summed E-state index contributed by atoms with van der Waals surface area (Å²) in [5.41, 5.74) is 19.3. The van der Waals surface area contributed by atoms with Gasteiger partial charge in [-0.1, -0.05) is 42.5 Å². The van der Waals surface area contributed by atoms with Crippen LogP contribution in [0.5, 0.6) is 0 Å². The first kappa shape index (κ1) is 12.8. The van der Waals surface area contributed by atoms with Crippen LogP contribution in [0.3, 0.4) is 0 Å². The van der Waals surface area contributed by atoms with Gasteiger partial charge in [-0.3, -0.25) is 0 Å². The van der Waals surface area contributed by atoms with E-state index in [4.69, 9.17) is 11.5 Å². The van der Waals surface area contributed by atoms with Crippen molar-refractivity contribution in [2.75, 3.05) is 16.8 Å². The molecule has 3 aromatic carbocycles.